The number of carboxylic acids is 1. The van der Waals surface area contributed by atoms with E-state index in [1.165, 1.54) is 11.1 Å². The molecule has 0 saturated carbocycles. The van der Waals surface area contributed by atoms with Crippen LogP contribution in [0.15, 0.2) is 18.2 Å². The Bertz CT molecular complexity index is 455. The second kappa shape index (κ2) is 7.41. The fourth-order valence-corrected chi connectivity index (χ4v) is 2.15. The number of hydrogen-bond donors (Lipinski definition) is 2. The van der Waals surface area contributed by atoms with Crippen LogP contribution in [0, 0.1) is 0 Å². The van der Waals surface area contributed by atoms with Gasteiger partial charge in [0.05, 0.1) is 12.6 Å². The maximum Gasteiger partial charge on any atom is 0.329 e. The van der Waals surface area contributed by atoms with Gasteiger partial charge in [-0.15, -0.1) is 0 Å². The second-order valence-corrected chi connectivity index (χ2v) is 5.71. The van der Waals surface area contributed by atoms with Gasteiger partial charge in [0.15, 0.2) is 0 Å². The first kappa shape index (κ1) is 16.7. The SMILES string of the molecule is CC(C)c1ccc(C(N)COCC(=O)O)c(C(C)C)c1. The number of ether oxygens (including phenoxy) is 1. The van der Waals surface area contributed by atoms with E-state index in [-0.39, 0.29) is 19.3 Å². The fourth-order valence-electron chi connectivity index (χ4n) is 2.15. The molecule has 112 valence electrons. The molecular formula is C16H25NO3. The predicted octanol–water partition coefficient (Wildman–Crippen LogP) is 3.03. The molecule has 1 aromatic rings. The number of carbonyl (C=O) groups is 1. The van der Waals surface area contributed by atoms with Crippen molar-refractivity contribution in [3.05, 3.63) is 34.9 Å². The lowest BCUT2D eigenvalue weighted by Crippen LogP contribution is -2.21. The summed E-state index contributed by atoms with van der Waals surface area (Å²) in [5, 5.41) is 8.57. The van der Waals surface area contributed by atoms with E-state index in [4.69, 9.17) is 15.6 Å². The minimum absolute atomic E-state index is 0.215. The van der Waals surface area contributed by atoms with Gasteiger partial charge in [0.2, 0.25) is 0 Å². The topological polar surface area (TPSA) is 72.5 Å². The highest BCUT2D eigenvalue weighted by Gasteiger charge is 2.15. The van der Waals surface area contributed by atoms with Crippen LogP contribution in [0.25, 0.3) is 0 Å². The number of nitrogens with two attached hydrogens (primary N) is 1. The van der Waals surface area contributed by atoms with Crippen molar-refractivity contribution < 1.29 is 14.6 Å². The Hall–Kier alpha value is -1.39. The number of rotatable bonds is 7. The van der Waals surface area contributed by atoms with Gasteiger partial charge in [-0.25, -0.2) is 4.79 Å². The first-order valence-electron chi connectivity index (χ1n) is 7.01. The summed E-state index contributed by atoms with van der Waals surface area (Å²) in [4.78, 5) is 10.4. The third-order valence-electron chi connectivity index (χ3n) is 3.32. The van der Waals surface area contributed by atoms with Crippen LogP contribution >= 0.6 is 0 Å². The highest BCUT2D eigenvalue weighted by molar-refractivity contribution is 5.68. The average molecular weight is 279 g/mol. The van der Waals surface area contributed by atoms with Gasteiger partial charge >= 0.3 is 5.97 Å². The number of benzene rings is 1. The summed E-state index contributed by atoms with van der Waals surface area (Å²) in [6.07, 6.45) is 0. The molecule has 0 aliphatic carbocycles. The first-order chi connectivity index (χ1) is 9.32. The van der Waals surface area contributed by atoms with Crippen LogP contribution in [0.3, 0.4) is 0 Å². The van der Waals surface area contributed by atoms with Crippen LogP contribution in [0.1, 0.15) is 62.3 Å². The van der Waals surface area contributed by atoms with E-state index in [0.717, 1.165) is 5.56 Å². The molecule has 20 heavy (non-hydrogen) atoms. The molecule has 0 aliphatic rings. The maximum absolute atomic E-state index is 10.4. The van der Waals surface area contributed by atoms with Crippen molar-refractivity contribution in [3.8, 4) is 0 Å². The fraction of sp³-hybridized carbons (Fsp3) is 0.562. The van der Waals surface area contributed by atoms with Gasteiger partial charge in [0, 0.05) is 0 Å². The van der Waals surface area contributed by atoms with Crippen LogP contribution in [-0.4, -0.2) is 24.3 Å². The van der Waals surface area contributed by atoms with E-state index in [0.29, 0.717) is 11.8 Å². The quantitative estimate of drug-likeness (QED) is 0.804. The molecule has 0 spiro atoms. The third kappa shape index (κ3) is 4.62. The molecule has 3 N–H and O–H groups in total. The Morgan fingerprint density at radius 2 is 1.85 bits per heavy atom. The second-order valence-electron chi connectivity index (χ2n) is 5.71. The van der Waals surface area contributed by atoms with Crippen molar-refractivity contribution in [1.29, 1.82) is 0 Å². The minimum atomic E-state index is -0.976. The van der Waals surface area contributed by atoms with Crippen LogP contribution in [0.2, 0.25) is 0 Å². The van der Waals surface area contributed by atoms with Crippen LogP contribution < -0.4 is 5.73 Å². The summed E-state index contributed by atoms with van der Waals surface area (Å²) < 4.78 is 5.10. The van der Waals surface area contributed by atoms with Crippen molar-refractivity contribution in [1.82, 2.24) is 0 Å². The van der Waals surface area contributed by atoms with Gasteiger partial charge < -0.3 is 15.6 Å². The van der Waals surface area contributed by atoms with Crippen LogP contribution in [0.4, 0.5) is 0 Å². The van der Waals surface area contributed by atoms with Gasteiger partial charge in [0.1, 0.15) is 6.61 Å². The lowest BCUT2D eigenvalue weighted by molar-refractivity contribution is -0.142. The standard InChI is InChI=1S/C16H25NO3/c1-10(2)12-5-6-13(14(7-12)11(3)4)15(17)8-20-9-16(18)19/h5-7,10-11,15H,8-9,17H2,1-4H3,(H,18,19). The summed E-state index contributed by atoms with van der Waals surface area (Å²) in [7, 11) is 0. The smallest absolute Gasteiger partial charge is 0.329 e. The largest absolute Gasteiger partial charge is 0.480 e. The summed E-state index contributed by atoms with van der Waals surface area (Å²) in [6.45, 7) is 8.49. The zero-order chi connectivity index (χ0) is 15.3. The molecule has 0 aromatic heterocycles. The van der Waals surface area contributed by atoms with Gasteiger partial charge in [-0.3, -0.25) is 0 Å². The Morgan fingerprint density at radius 1 is 1.20 bits per heavy atom. The number of carboxylic acid groups (broad SMARTS) is 1. The van der Waals surface area contributed by atoms with Gasteiger partial charge in [-0.1, -0.05) is 45.9 Å². The van der Waals surface area contributed by atoms with Crippen molar-refractivity contribution >= 4 is 5.97 Å². The molecule has 1 rings (SSSR count). The maximum atomic E-state index is 10.4. The van der Waals surface area contributed by atoms with E-state index < -0.39 is 5.97 Å². The summed E-state index contributed by atoms with van der Waals surface area (Å²) >= 11 is 0. The zero-order valence-corrected chi connectivity index (χ0v) is 12.7. The van der Waals surface area contributed by atoms with E-state index in [1.54, 1.807) is 0 Å². The molecule has 0 heterocycles. The minimum Gasteiger partial charge on any atom is -0.480 e. The molecule has 0 fully saturated rings. The molecule has 4 heteroatoms. The van der Waals surface area contributed by atoms with Crippen LogP contribution in [-0.2, 0) is 9.53 Å². The molecule has 1 atom stereocenters. The first-order valence-corrected chi connectivity index (χ1v) is 7.01. The summed E-state index contributed by atoms with van der Waals surface area (Å²) in [6, 6.07) is 6.03. The van der Waals surface area contributed by atoms with E-state index in [1.807, 2.05) is 6.07 Å². The van der Waals surface area contributed by atoms with E-state index in [9.17, 15) is 4.79 Å². The highest BCUT2D eigenvalue weighted by atomic mass is 16.5. The molecule has 0 amide bonds. The van der Waals surface area contributed by atoms with Gasteiger partial charge in [-0.05, 0) is 28.5 Å². The van der Waals surface area contributed by atoms with Crippen molar-refractivity contribution in [3.63, 3.8) is 0 Å². The number of hydrogen-bond acceptors (Lipinski definition) is 3. The van der Waals surface area contributed by atoms with Crippen molar-refractivity contribution in [2.24, 2.45) is 5.73 Å². The van der Waals surface area contributed by atoms with Gasteiger partial charge in [0.25, 0.3) is 0 Å². The average Bonchev–Trinajstić information content (AvgIpc) is 2.37. The van der Waals surface area contributed by atoms with Gasteiger partial charge in [-0.2, -0.15) is 0 Å². The van der Waals surface area contributed by atoms with E-state index >= 15 is 0 Å². The lowest BCUT2D eigenvalue weighted by atomic mass is 9.89. The Morgan fingerprint density at radius 3 is 2.35 bits per heavy atom. The zero-order valence-electron chi connectivity index (χ0n) is 12.7. The molecule has 1 aromatic carbocycles. The summed E-state index contributed by atoms with van der Waals surface area (Å²) in [5.41, 5.74) is 9.66. The Labute approximate surface area is 120 Å². The Kier molecular flexibility index (Phi) is 6.17. The monoisotopic (exact) mass is 279 g/mol. The number of aliphatic carboxylic acids is 1. The molecule has 0 radical (unpaired) electrons. The highest BCUT2D eigenvalue weighted by Crippen LogP contribution is 2.28. The predicted molar refractivity (Wildman–Crippen MR) is 80.0 cm³/mol. The molecular weight excluding hydrogens is 254 g/mol. The summed E-state index contributed by atoms with van der Waals surface area (Å²) in [5.74, 6) is -0.133. The van der Waals surface area contributed by atoms with E-state index in [2.05, 4.69) is 39.8 Å². The molecule has 0 bridgehead atoms. The third-order valence-corrected chi connectivity index (χ3v) is 3.32. The Balaban J connectivity index is 2.90. The molecule has 0 saturated heterocycles. The molecule has 1 unspecified atom stereocenters. The molecule has 4 nitrogen and oxygen atoms in total. The normalized spacial score (nSPS) is 12.9. The van der Waals surface area contributed by atoms with Crippen molar-refractivity contribution in [2.45, 2.75) is 45.6 Å². The van der Waals surface area contributed by atoms with Crippen molar-refractivity contribution in [2.75, 3.05) is 13.2 Å². The molecule has 0 aliphatic heterocycles. The van der Waals surface area contributed by atoms with Crippen LogP contribution in [0.5, 0.6) is 0 Å². The lowest BCUT2D eigenvalue weighted by Gasteiger charge is -2.20.